The molecule has 0 spiro atoms. The number of nitrogens with one attached hydrogen (secondary N) is 4. The van der Waals surface area contributed by atoms with Crippen molar-refractivity contribution in [2.45, 2.75) is 13.8 Å². The fraction of sp³-hybridized carbons (Fsp3) is 1.00. The van der Waals surface area contributed by atoms with Crippen LogP contribution < -0.4 is 20.8 Å². The average molecular weight is 276 g/mol. The topological polar surface area (TPSA) is 66.6 Å². The Balaban J connectivity index is 2.53. The third kappa shape index (κ3) is 3.57. The van der Waals surface area contributed by atoms with Gasteiger partial charge in [0, 0.05) is 0 Å². The van der Waals surface area contributed by atoms with Crippen LogP contribution in [0.1, 0.15) is 13.8 Å². The van der Waals surface area contributed by atoms with Crippen molar-refractivity contribution >= 4 is 36.7 Å². The van der Waals surface area contributed by atoms with E-state index in [4.69, 9.17) is 32.7 Å². The summed E-state index contributed by atoms with van der Waals surface area (Å²) in [7, 11) is 0. The van der Waals surface area contributed by atoms with Gasteiger partial charge < -0.3 is 9.05 Å². The molecule has 14 heavy (non-hydrogen) atoms. The van der Waals surface area contributed by atoms with Crippen molar-refractivity contribution in [2.24, 2.45) is 0 Å². The molecule has 0 radical (unpaired) electrons. The van der Waals surface area contributed by atoms with Gasteiger partial charge in [0.25, 0.3) is 0 Å². The first-order chi connectivity index (χ1) is 6.54. The van der Waals surface area contributed by atoms with E-state index >= 15 is 0 Å². The lowest BCUT2D eigenvalue weighted by Crippen LogP contribution is -2.48. The molecule has 0 aromatic rings. The van der Waals surface area contributed by atoms with E-state index < -0.39 is 13.1 Å². The van der Waals surface area contributed by atoms with Crippen LogP contribution in [0.15, 0.2) is 0 Å². The molecule has 0 bridgehead atoms. The zero-order valence-electron chi connectivity index (χ0n) is 7.94. The molecule has 0 aromatic heterocycles. The van der Waals surface area contributed by atoms with Gasteiger partial charge in [0.05, 0.1) is 13.2 Å². The second-order valence-corrected chi connectivity index (χ2v) is 9.09. The van der Waals surface area contributed by atoms with E-state index in [0.29, 0.717) is 13.2 Å². The lowest BCUT2D eigenvalue weighted by molar-refractivity contribution is 0.333. The lowest BCUT2D eigenvalue weighted by Gasteiger charge is -2.35. The second-order valence-electron chi connectivity index (χ2n) is 2.39. The van der Waals surface area contributed by atoms with E-state index in [-0.39, 0.29) is 0 Å². The van der Waals surface area contributed by atoms with Gasteiger partial charge in [-0.2, -0.15) is 20.8 Å². The van der Waals surface area contributed by atoms with Crippen molar-refractivity contribution in [3.05, 3.63) is 0 Å². The van der Waals surface area contributed by atoms with Gasteiger partial charge in [-0.1, -0.05) is 0 Å². The van der Waals surface area contributed by atoms with Crippen LogP contribution in [0.25, 0.3) is 0 Å². The van der Waals surface area contributed by atoms with E-state index in [1.54, 1.807) is 0 Å². The van der Waals surface area contributed by atoms with Crippen molar-refractivity contribution in [1.29, 1.82) is 0 Å². The Morgan fingerprint density at radius 1 is 0.857 bits per heavy atom. The first-order valence-electron chi connectivity index (χ1n) is 4.12. The van der Waals surface area contributed by atoms with Crippen LogP contribution in [0.5, 0.6) is 0 Å². The average Bonchev–Trinajstić information content (AvgIpc) is 2.13. The number of hydrogen-bond acceptors (Lipinski definition) is 4. The van der Waals surface area contributed by atoms with Gasteiger partial charge in [-0.25, -0.2) is 0 Å². The van der Waals surface area contributed by atoms with Crippen molar-refractivity contribution in [3.8, 4) is 0 Å². The summed E-state index contributed by atoms with van der Waals surface area (Å²) in [5.41, 5.74) is 0. The summed E-state index contributed by atoms with van der Waals surface area (Å²) < 4.78 is 10.7. The normalized spacial score (nSPS) is 38.4. The Kier molecular flexibility index (Phi) is 5.07. The monoisotopic (exact) mass is 276 g/mol. The largest absolute Gasteiger partial charge is 0.326 e. The maximum Gasteiger partial charge on any atom is 0.225 e. The quantitative estimate of drug-likeness (QED) is 0.560. The molecule has 0 aromatic carbocycles. The Hall–Kier alpha value is 1.06. The third-order valence-electron chi connectivity index (χ3n) is 1.31. The molecule has 1 aliphatic heterocycles. The standard InChI is InChI=1S/C4H14N4O2P2S2/c1-3-9-11(13)5-7-12(14,8-6-11)10-4-2/h3-4H2,1-2H3,(H2,5,6,13)(H2,7,8,14). The first kappa shape index (κ1) is 13.1. The van der Waals surface area contributed by atoms with Crippen LogP contribution in [0.4, 0.5) is 0 Å². The SMILES string of the molecule is CCOP1(=S)NNP(=S)(OCC)NN1. The third-order valence-corrected chi connectivity index (χ3v) is 6.26. The lowest BCUT2D eigenvalue weighted by atomic mass is 10.9. The van der Waals surface area contributed by atoms with E-state index in [0.717, 1.165) is 0 Å². The molecule has 6 nitrogen and oxygen atoms in total. The van der Waals surface area contributed by atoms with Crippen molar-refractivity contribution in [2.75, 3.05) is 13.2 Å². The fourth-order valence-electron chi connectivity index (χ4n) is 0.812. The van der Waals surface area contributed by atoms with Gasteiger partial charge >= 0.3 is 0 Å². The molecular weight excluding hydrogens is 262 g/mol. The molecule has 0 atom stereocenters. The van der Waals surface area contributed by atoms with Crippen LogP contribution in [0, 0.1) is 0 Å². The van der Waals surface area contributed by atoms with Crippen molar-refractivity contribution < 1.29 is 9.05 Å². The van der Waals surface area contributed by atoms with Crippen LogP contribution >= 0.6 is 13.1 Å². The van der Waals surface area contributed by atoms with Crippen LogP contribution in [0.2, 0.25) is 0 Å². The summed E-state index contributed by atoms with van der Waals surface area (Å²) in [4.78, 5) is 0. The van der Waals surface area contributed by atoms with Crippen LogP contribution in [0.3, 0.4) is 0 Å². The molecule has 10 heteroatoms. The molecule has 1 rings (SSSR count). The molecule has 1 saturated heterocycles. The highest BCUT2D eigenvalue weighted by Gasteiger charge is 2.29. The zero-order chi connectivity index (χ0) is 10.7. The van der Waals surface area contributed by atoms with Crippen LogP contribution in [-0.2, 0) is 32.7 Å². The van der Waals surface area contributed by atoms with E-state index in [9.17, 15) is 0 Å². The molecule has 84 valence electrons. The molecule has 0 amide bonds. The van der Waals surface area contributed by atoms with E-state index in [2.05, 4.69) is 20.8 Å². The van der Waals surface area contributed by atoms with E-state index in [1.165, 1.54) is 0 Å². The summed E-state index contributed by atoms with van der Waals surface area (Å²) in [5.74, 6) is 0. The maximum atomic E-state index is 5.34. The Morgan fingerprint density at radius 3 is 1.36 bits per heavy atom. The van der Waals surface area contributed by atoms with Gasteiger partial charge in [-0.15, -0.1) is 0 Å². The predicted molar refractivity (Wildman–Crippen MR) is 64.4 cm³/mol. The highest BCUT2D eigenvalue weighted by atomic mass is 32.5. The smallest absolute Gasteiger partial charge is 0.225 e. The number of hydrogen-bond donors (Lipinski definition) is 4. The number of rotatable bonds is 4. The molecule has 1 heterocycles. The predicted octanol–water partition coefficient (Wildman–Crippen LogP) is 0.710. The van der Waals surface area contributed by atoms with Gasteiger partial charge in [0.2, 0.25) is 13.1 Å². The number of hydrazine groups is 2. The summed E-state index contributed by atoms with van der Waals surface area (Å²) in [6.45, 7) is 0.389. The minimum Gasteiger partial charge on any atom is -0.326 e. The minimum atomic E-state index is -2.22. The van der Waals surface area contributed by atoms with Crippen molar-refractivity contribution in [3.63, 3.8) is 0 Å². The molecule has 1 aliphatic rings. The molecule has 0 saturated carbocycles. The van der Waals surface area contributed by atoms with Crippen molar-refractivity contribution in [1.82, 2.24) is 20.8 Å². The first-order valence-corrected chi connectivity index (χ1v) is 9.56. The van der Waals surface area contributed by atoms with Gasteiger partial charge in [0.1, 0.15) is 0 Å². The molecule has 4 N–H and O–H groups in total. The highest BCUT2D eigenvalue weighted by molar-refractivity contribution is 8.13. The maximum absolute atomic E-state index is 5.34. The fourth-order valence-corrected chi connectivity index (χ4v) is 6.12. The Morgan fingerprint density at radius 2 is 1.14 bits per heavy atom. The van der Waals surface area contributed by atoms with Crippen LogP contribution in [-0.4, -0.2) is 13.2 Å². The molecule has 1 fully saturated rings. The van der Waals surface area contributed by atoms with Gasteiger partial charge in [0.15, 0.2) is 0 Å². The van der Waals surface area contributed by atoms with E-state index in [1.807, 2.05) is 13.8 Å². The summed E-state index contributed by atoms with van der Waals surface area (Å²) in [5, 5.41) is 11.5. The highest BCUT2D eigenvalue weighted by Crippen LogP contribution is 2.47. The minimum absolute atomic E-state index is 0.540. The molecule has 0 unspecified atom stereocenters. The van der Waals surface area contributed by atoms with Gasteiger partial charge in [-0.05, 0) is 37.5 Å². The Bertz CT molecular complexity index is 245. The second kappa shape index (κ2) is 5.41. The Labute approximate surface area is 93.8 Å². The summed E-state index contributed by atoms with van der Waals surface area (Å²) >= 11 is 10.4. The molecule has 0 aliphatic carbocycles. The summed E-state index contributed by atoms with van der Waals surface area (Å²) in [6, 6.07) is 0. The zero-order valence-corrected chi connectivity index (χ0v) is 11.4. The summed E-state index contributed by atoms with van der Waals surface area (Å²) in [6.07, 6.45) is 0. The van der Waals surface area contributed by atoms with Gasteiger partial charge in [-0.3, -0.25) is 0 Å². The molecular formula is C4H14N4O2P2S2.